The van der Waals surface area contributed by atoms with E-state index in [0.717, 1.165) is 16.8 Å². The van der Waals surface area contributed by atoms with E-state index in [1.54, 1.807) is 18.6 Å². The van der Waals surface area contributed by atoms with E-state index in [2.05, 4.69) is 46.2 Å². The first kappa shape index (κ1) is 12.6. The zero-order valence-corrected chi connectivity index (χ0v) is 12.2. The first-order valence-electron chi connectivity index (χ1n) is 4.73. The molecule has 0 spiro atoms. The van der Waals surface area contributed by atoms with Crippen molar-refractivity contribution < 1.29 is 51.4 Å². The molecular formula is C6H7BKN9. The maximum atomic E-state index is 4.00. The van der Waals surface area contributed by atoms with Crippen LogP contribution in [0.3, 0.4) is 0 Å². The SMILES string of the molecule is [K+].c1[nH]nnc1[BH-](c1c[nH]nn1)c1c[nH]nn1. The number of aromatic nitrogens is 9. The van der Waals surface area contributed by atoms with Crippen LogP contribution < -0.4 is 68.2 Å². The number of H-pyrrole nitrogens is 3. The summed E-state index contributed by atoms with van der Waals surface area (Å²) < 4.78 is 0. The molecule has 80 valence electrons. The number of nitrogens with one attached hydrogen (secondary N) is 3. The Hall–Kier alpha value is -0.879. The van der Waals surface area contributed by atoms with Gasteiger partial charge in [-0.15, -0.1) is 0 Å². The van der Waals surface area contributed by atoms with Gasteiger partial charge in [0.1, 0.15) is 6.71 Å². The molecule has 0 aliphatic carbocycles. The van der Waals surface area contributed by atoms with E-state index < -0.39 is 6.71 Å². The van der Waals surface area contributed by atoms with E-state index in [1.165, 1.54) is 0 Å². The minimum Gasteiger partial charge on any atom is -0.269 e. The van der Waals surface area contributed by atoms with Gasteiger partial charge in [0.15, 0.2) is 0 Å². The Labute approximate surface area is 138 Å². The number of hydrogen-bond donors (Lipinski definition) is 3. The standard InChI is InChI=1S/C6H7BN9.K/c1-4(11-14-8-1)7(5-2-9-15-12-5)6-3-10-16-13-6;/h1-3,7H,(H,8,11,14)(H,9,12,15)(H,10,13,16);/q-1;+1. The van der Waals surface area contributed by atoms with Gasteiger partial charge in [0.05, 0.1) is 0 Å². The van der Waals surface area contributed by atoms with Crippen molar-refractivity contribution in [3.8, 4) is 0 Å². The Balaban J connectivity index is 0.00000108. The van der Waals surface area contributed by atoms with E-state index in [9.17, 15) is 0 Å². The Morgan fingerprint density at radius 2 is 1.06 bits per heavy atom. The smallest absolute Gasteiger partial charge is 0.269 e. The molecule has 0 fully saturated rings. The summed E-state index contributed by atoms with van der Waals surface area (Å²) in [5.74, 6) is 0. The summed E-state index contributed by atoms with van der Waals surface area (Å²) in [4.78, 5) is 0. The number of aromatic amines is 3. The van der Waals surface area contributed by atoms with Gasteiger partial charge in [-0.3, -0.25) is 15.3 Å². The molecule has 0 radical (unpaired) electrons. The van der Waals surface area contributed by atoms with Crippen molar-refractivity contribution in [3.63, 3.8) is 0 Å². The topological polar surface area (TPSA) is 125 Å². The van der Waals surface area contributed by atoms with Gasteiger partial charge in [-0.25, -0.2) is 0 Å². The zero-order valence-electron chi connectivity index (χ0n) is 9.12. The Bertz CT molecular complexity index is 451. The third kappa shape index (κ3) is 2.52. The van der Waals surface area contributed by atoms with Crippen LogP contribution in [0.1, 0.15) is 0 Å². The summed E-state index contributed by atoms with van der Waals surface area (Å²) >= 11 is 0. The monoisotopic (exact) mass is 255 g/mol. The summed E-state index contributed by atoms with van der Waals surface area (Å²) in [6, 6.07) is 0. The Morgan fingerprint density at radius 3 is 1.29 bits per heavy atom. The first-order valence-corrected chi connectivity index (χ1v) is 4.73. The van der Waals surface area contributed by atoms with Gasteiger partial charge in [-0.05, 0) is 0 Å². The molecule has 0 aliphatic rings. The molecule has 3 rings (SSSR count). The van der Waals surface area contributed by atoms with Crippen LogP contribution in [-0.2, 0) is 0 Å². The first-order chi connectivity index (χ1) is 7.95. The molecule has 0 atom stereocenters. The average molecular weight is 255 g/mol. The van der Waals surface area contributed by atoms with Crippen molar-refractivity contribution in [2.75, 3.05) is 0 Å². The number of hydrogen-bond acceptors (Lipinski definition) is 6. The van der Waals surface area contributed by atoms with Gasteiger partial charge in [0.25, 0.3) is 0 Å². The second kappa shape index (κ2) is 5.64. The van der Waals surface area contributed by atoms with Crippen molar-refractivity contribution in [1.29, 1.82) is 0 Å². The molecule has 0 aromatic carbocycles. The van der Waals surface area contributed by atoms with Gasteiger partial charge in [0, 0.05) is 18.6 Å². The molecule has 0 saturated carbocycles. The molecule has 0 saturated heterocycles. The van der Waals surface area contributed by atoms with Crippen LogP contribution in [0.2, 0.25) is 0 Å². The van der Waals surface area contributed by atoms with Gasteiger partial charge in [-0.2, -0.15) is 15.3 Å². The third-order valence-corrected chi connectivity index (χ3v) is 2.49. The van der Waals surface area contributed by atoms with Crippen molar-refractivity contribution >= 4 is 23.5 Å². The van der Waals surface area contributed by atoms with Crippen LogP contribution >= 0.6 is 0 Å². The van der Waals surface area contributed by atoms with Crippen LogP contribution in [0.25, 0.3) is 0 Å². The van der Waals surface area contributed by atoms with E-state index >= 15 is 0 Å². The van der Waals surface area contributed by atoms with E-state index in [4.69, 9.17) is 0 Å². The maximum absolute atomic E-state index is 4.00. The van der Waals surface area contributed by atoms with E-state index in [-0.39, 0.29) is 51.4 Å². The fourth-order valence-electron chi connectivity index (χ4n) is 1.75. The van der Waals surface area contributed by atoms with Crippen molar-refractivity contribution in [2.24, 2.45) is 0 Å². The summed E-state index contributed by atoms with van der Waals surface area (Å²) in [5, 5.41) is 31.1. The molecule has 9 nitrogen and oxygen atoms in total. The van der Waals surface area contributed by atoms with Crippen LogP contribution in [0.5, 0.6) is 0 Å². The minimum atomic E-state index is -1.16. The maximum Gasteiger partial charge on any atom is 1.00 e. The van der Waals surface area contributed by atoms with Crippen molar-refractivity contribution in [2.45, 2.75) is 0 Å². The van der Waals surface area contributed by atoms with Crippen molar-refractivity contribution in [3.05, 3.63) is 18.6 Å². The molecule has 11 heteroatoms. The van der Waals surface area contributed by atoms with E-state index in [1.807, 2.05) is 0 Å². The molecule has 0 aliphatic heterocycles. The Morgan fingerprint density at radius 1 is 0.706 bits per heavy atom. The molecule has 17 heavy (non-hydrogen) atoms. The molecular weight excluding hydrogens is 248 g/mol. The van der Waals surface area contributed by atoms with Gasteiger partial charge in [-0.1, -0.05) is 32.4 Å². The average Bonchev–Trinajstić information content (AvgIpc) is 3.02. The fraction of sp³-hybridized carbons (Fsp3) is 0. The predicted molar refractivity (Wildman–Crippen MR) is 55.2 cm³/mol. The molecule has 0 amide bonds. The molecule has 3 aromatic rings. The molecule has 3 heterocycles. The summed E-state index contributed by atoms with van der Waals surface area (Å²) in [5.41, 5.74) is 2.38. The number of nitrogens with zero attached hydrogens (tertiary/aromatic N) is 6. The molecule has 0 unspecified atom stereocenters. The second-order valence-corrected chi connectivity index (χ2v) is 3.42. The molecule has 0 bridgehead atoms. The summed E-state index contributed by atoms with van der Waals surface area (Å²) in [6.45, 7) is -1.16. The third-order valence-electron chi connectivity index (χ3n) is 2.49. The van der Waals surface area contributed by atoms with Gasteiger partial charge >= 0.3 is 51.4 Å². The molecule has 3 aromatic heterocycles. The second-order valence-electron chi connectivity index (χ2n) is 3.42. The van der Waals surface area contributed by atoms with Gasteiger partial charge in [0.2, 0.25) is 0 Å². The minimum absolute atomic E-state index is 0. The summed E-state index contributed by atoms with van der Waals surface area (Å²) in [7, 11) is 0. The van der Waals surface area contributed by atoms with Crippen LogP contribution in [0.4, 0.5) is 0 Å². The summed E-state index contributed by atoms with van der Waals surface area (Å²) in [6.07, 6.45) is 5.18. The van der Waals surface area contributed by atoms with Crippen LogP contribution in [0, 0.1) is 0 Å². The van der Waals surface area contributed by atoms with E-state index in [0.29, 0.717) is 0 Å². The van der Waals surface area contributed by atoms with Gasteiger partial charge < -0.3 is 0 Å². The van der Waals surface area contributed by atoms with Crippen LogP contribution in [0.15, 0.2) is 18.6 Å². The quantitative estimate of drug-likeness (QED) is 0.399. The Kier molecular flexibility index (Phi) is 4.17. The van der Waals surface area contributed by atoms with Crippen molar-refractivity contribution in [1.82, 2.24) is 46.2 Å². The van der Waals surface area contributed by atoms with Crippen LogP contribution in [-0.4, -0.2) is 52.9 Å². The molecule has 3 N–H and O–H groups in total. The normalized spacial score (nSPS) is 10.4. The number of rotatable bonds is 3. The largest absolute Gasteiger partial charge is 1.00 e. The fourth-order valence-corrected chi connectivity index (χ4v) is 1.75. The zero-order chi connectivity index (χ0) is 10.8. The predicted octanol–water partition coefficient (Wildman–Crippen LogP) is -6.71.